The fourth-order valence-electron chi connectivity index (χ4n) is 2.03. The van der Waals surface area contributed by atoms with E-state index >= 15 is 0 Å². The molecule has 0 aromatic heterocycles. The molecule has 2 rings (SSSR count). The average molecular weight is 214 g/mol. The van der Waals surface area contributed by atoms with Crippen LogP contribution in [0.2, 0.25) is 5.02 Å². The number of rotatable bonds is 1. The number of benzene rings is 1. The molecule has 1 atom stereocenters. The Balaban J connectivity index is 2.44. The summed E-state index contributed by atoms with van der Waals surface area (Å²) in [6.45, 7) is 2.84. The third-order valence-electron chi connectivity index (χ3n) is 2.80. The third-order valence-corrected chi connectivity index (χ3v) is 3.21. The average Bonchev–Trinajstić information content (AvgIpc) is 2.65. The van der Waals surface area contributed by atoms with Gasteiger partial charge in [0.05, 0.1) is 0 Å². The largest absolute Gasteiger partial charge is 0.310 e. The minimum absolute atomic E-state index is 0.147. The Kier molecular flexibility index (Phi) is 2.75. The van der Waals surface area contributed by atoms with Crippen molar-refractivity contribution in [2.75, 3.05) is 6.54 Å². The smallest absolute Gasteiger partial charge is 0.128 e. The maximum atomic E-state index is 13.6. The highest BCUT2D eigenvalue weighted by atomic mass is 35.5. The molecule has 1 aliphatic heterocycles. The Bertz CT molecular complexity index is 345. The van der Waals surface area contributed by atoms with E-state index in [2.05, 4.69) is 5.32 Å². The molecule has 0 bridgehead atoms. The molecule has 1 aliphatic rings. The zero-order chi connectivity index (χ0) is 10.1. The molecule has 0 spiro atoms. The van der Waals surface area contributed by atoms with Crippen LogP contribution in [0.4, 0.5) is 4.39 Å². The van der Waals surface area contributed by atoms with Crippen LogP contribution in [0.1, 0.15) is 30.0 Å². The molecule has 76 valence electrons. The van der Waals surface area contributed by atoms with Gasteiger partial charge in [0.1, 0.15) is 5.82 Å². The van der Waals surface area contributed by atoms with Crippen molar-refractivity contribution < 1.29 is 4.39 Å². The Morgan fingerprint density at radius 3 is 2.93 bits per heavy atom. The number of halogens is 2. The predicted molar refractivity (Wildman–Crippen MR) is 56.1 cm³/mol. The minimum atomic E-state index is -0.147. The van der Waals surface area contributed by atoms with Crippen LogP contribution in [-0.2, 0) is 0 Å². The minimum Gasteiger partial charge on any atom is -0.310 e. The molecule has 1 unspecified atom stereocenters. The van der Waals surface area contributed by atoms with E-state index in [1.54, 1.807) is 6.07 Å². The van der Waals surface area contributed by atoms with Gasteiger partial charge in [-0.1, -0.05) is 11.6 Å². The second-order valence-corrected chi connectivity index (χ2v) is 4.12. The summed E-state index contributed by atoms with van der Waals surface area (Å²) in [6, 6.07) is 3.21. The lowest BCUT2D eigenvalue weighted by Gasteiger charge is -2.15. The number of hydrogen-bond acceptors (Lipinski definition) is 1. The first kappa shape index (κ1) is 9.94. The molecule has 1 aromatic rings. The van der Waals surface area contributed by atoms with Crippen molar-refractivity contribution in [1.82, 2.24) is 5.32 Å². The normalized spacial score (nSPS) is 21.5. The van der Waals surface area contributed by atoms with Gasteiger partial charge < -0.3 is 5.32 Å². The maximum Gasteiger partial charge on any atom is 0.128 e. The van der Waals surface area contributed by atoms with Gasteiger partial charge in [-0.2, -0.15) is 0 Å². The zero-order valence-electron chi connectivity index (χ0n) is 8.11. The summed E-state index contributed by atoms with van der Waals surface area (Å²) < 4.78 is 13.6. The van der Waals surface area contributed by atoms with Crippen LogP contribution in [0.5, 0.6) is 0 Å². The van der Waals surface area contributed by atoms with E-state index in [4.69, 9.17) is 11.6 Å². The second-order valence-electron chi connectivity index (χ2n) is 3.72. The highest BCUT2D eigenvalue weighted by Crippen LogP contribution is 2.31. The van der Waals surface area contributed by atoms with Gasteiger partial charge in [0.25, 0.3) is 0 Å². The molecule has 0 radical (unpaired) electrons. The first-order chi connectivity index (χ1) is 6.70. The lowest BCUT2D eigenvalue weighted by atomic mass is 9.99. The summed E-state index contributed by atoms with van der Waals surface area (Å²) in [5, 5.41) is 3.93. The van der Waals surface area contributed by atoms with Crippen LogP contribution >= 0.6 is 11.6 Å². The molecule has 1 saturated heterocycles. The van der Waals surface area contributed by atoms with E-state index in [1.807, 2.05) is 6.92 Å². The van der Waals surface area contributed by atoms with Gasteiger partial charge in [0.2, 0.25) is 0 Å². The molecule has 1 fully saturated rings. The van der Waals surface area contributed by atoms with Crippen molar-refractivity contribution in [3.63, 3.8) is 0 Å². The Hall–Kier alpha value is -0.600. The van der Waals surface area contributed by atoms with Crippen molar-refractivity contribution in [1.29, 1.82) is 0 Å². The van der Waals surface area contributed by atoms with Crippen LogP contribution in [0.15, 0.2) is 12.1 Å². The summed E-state index contributed by atoms with van der Waals surface area (Å²) in [4.78, 5) is 0. The molecule has 1 heterocycles. The van der Waals surface area contributed by atoms with Gasteiger partial charge in [-0.15, -0.1) is 0 Å². The highest BCUT2D eigenvalue weighted by molar-refractivity contribution is 6.31. The van der Waals surface area contributed by atoms with E-state index in [1.165, 1.54) is 6.07 Å². The topological polar surface area (TPSA) is 12.0 Å². The van der Waals surface area contributed by atoms with Crippen molar-refractivity contribution >= 4 is 11.6 Å². The first-order valence-electron chi connectivity index (χ1n) is 4.88. The summed E-state index contributed by atoms with van der Waals surface area (Å²) in [7, 11) is 0. The molecule has 3 heteroatoms. The molecule has 0 aliphatic carbocycles. The SMILES string of the molecule is Cc1c(Cl)ccc(F)c1C1CCCN1. The number of hydrogen-bond donors (Lipinski definition) is 1. The molecule has 1 N–H and O–H groups in total. The zero-order valence-corrected chi connectivity index (χ0v) is 8.87. The van der Waals surface area contributed by atoms with E-state index in [0.29, 0.717) is 5.02 Å². The van der Waals surface area contributed by atoms with E-state index in [9.17, 15) is 4.39 Å². The molecule has 1 aromatic carbocycles. The molecule has 1 nitrogen and oxygen atoms in total. The summed E-state index contributed by atoms with van der Waals surface area (Å²) in [5.41, 5.74) is 1.61. The van der Waals surface area contributed by atoms with Crippen LogP contribution in [-0.4, -0.2) is 6.54 Å². The lowest BCUT2D eigenvalue weighted by Crippen LogP contribution is -2.15. The quantitative estimate of drug-likeness (QED) is 0.756. The van der Waals surface area contributed by atoms with Gasteiger partial charge >= 0.3 is 0 Å². The second kappa shape index (κ2) is 3.87. The van der Waals surface area contributed by atoms with Gasteiger partial charge in [-0.25, -0.2) is 4.39 Å². The summed E-state index contributed by atoms with van der Waals surface area (Å²) in [5.74, 6) is -0.147. The fourth-order valence-corrected chi connectivity index (χ4v) is 2.19. The van der Waals surface area contributed by atoms with Gasteiger partial charge in [-0.3, -0.25) is 0 Å². The van der Waals surface area contributed by atoms with Crippen LogP contribution in [0.25, 0.3) is 0 Å². The summed E-state index contributed by atoms with van der Waals surface area (Å²) >= 11 is 5.97. The molecular formula is C11H13ClFN. The van der Waals surface area contributed by atoms with Gasteiger partial charge in [-0.05, 0) is 44.0 Å². The lowest BCUT2D eigenvalue weighted by molar-refractivity contribution is 0.555. The van der Waals surface area contributed by atoms with Crippen molar-refractivity contribution in [3.8, 4) is 0 Å². The molecular weight excluding hydrogens is 201 g/mol. The Labute approximate surface area is 88.3 Å². The highest BCUT2D eigenvalue weighted by Gasteiger charge is 2.22. The molecule has 0 amide bonds. The molecule has 14 heavy (non-hydrogen) atoms. The van der Waals surface area contributed by atoms with E-state index < -0.39 is 0 Å². The van der Waals surface area contributed by atoms with E-state index in [0.717, 1.165) is 30.5 Å². The van der Waals surface area contributed by atoms with E-state index in [-0.39, 0.29) is 11.9 Å². The Morgan fingerprint density at radius 1 is 1.50 bits per heavy atom. The van der Waals surface area contributed by atoms with Crippen LogP contribution in [0, 0.1) is 12.7 Å². The predicted octanol–water partition coefficient (Wildman–Crippen LogP) is 3.21. The third kappa shape index (κ3) is 1.64. The maximum absolute atomic E-state index is 13.6. The summed E-state index contributed by atoms with van der Waals surface area (Å²) in [6.07, 6.45) is 2.11. The standard InChI is InChI=1S/C11H13ClFN/c1-7-8(12)4-5-9(13)11(7)10-3-2-6-14-10/h4-5,10,14H,2-3,6H2,1H3. The van der Waals surface area contributed by atoms with Gasteiger partial charge in [0.15, 0.2) is 0 Å². The van der Waals surface area contributed by atoms with Crippen molar-refractivity contribution in [2.45, 2.75) is 25.8 Å². The molecule has 0 saturated carbocycles. The van der Waals surface area contributed by atoms with Crippen molar-refractivity contribution in [2.24, 2.45) is 0 Å². The van der Waals surface area contributed by atoms with Crippen LogP contribution in [0.3, 0.4) is 0 Å². The van der Waals surface area contributed by atoms with Crippen molar-refractivity contribution in [3.05, 3.63) is 34.1 Å². The van der Waals surface area contributed by atoms with Gasteiger partial charge in [0, 0.05) is 16.6 Å². The first-order valence-corrected chi connectivity index (χ1v) is 5.26. The van der Waals surface area contributed by atoms with Crippen LogP contribution < -0.4 is 5.32 Å². The fraction of sp³-hybridized carbons (Fsp3) is 0.455. The number of nitrogens with one attached hydrogen (secondary N) is 1. The monoisotopic (exact) mass is 213 g/mol. The Morgan fingerprint density at radius 2 is 2.29 bits per heavy atom.